The third kappa shape index (κ3) is 4.04. The fraction of sp³-hybridized carbons (Fsp3) is 0.149. The van der Waals surface area contributed by atoms with Gasteiger partial charge in [0.25, 0.3) is 0 Å². The summed E-state index contributed by atoms with van der Waals surface area (Å²) < 4.78 is 6.57. The average molecular weight is 617 g/mol. The summed E-state index contributed by atoms with van der Waals surface area (Å²) in [5.74, 6) is 1.59. The quantitative estimate of drug-likeness (QED) is 0.179. The minimum absolute atomic E-state index is 0.122. The van der Waals surface area contributed by atoms with Gasteiger partial charge in [-0.1, -0.05) is 133 Å². The van der Waals surface area contributed by atoms with E-state index in [1.807, 2.05) is 6.26 Å². The van der Waals surface area contributed by atoms with Crippen molar-refractivity contribution < 1.29 is 4.42 Å². The molecule has 1 heteroatoms. The van der Waals surface area contributed by atoms with Gasteiger partial charge < -0.3 is 4.42 Å². The smallest absolute Gasteiger partial charge is 0.108 e. The Morgan fingerprint density at radius 2 is 1.17 bits per heavy atom. The van der Waals surface area contributed by atoms with Crippen LogP contribution in [0.5, 0.6) is 0 Å². The molecule has 7 aromatic carbocycles. The lowest BCUT2D eigenvalue weighted by Gasteiger charge is -2.49. The van der Waals surface area contributed by atoms with Gasteiger partial charge in [0.05, 0.1) is 6.26 Å². The molecule has 1 nitrogen and oxygen atoms in total. The van der Waals surface area contributed by atoms with E-state index in [9.17, 15) is 0 Å². The lowest BCUT2D eigenvalue weighted by molar-refractivity contribution is 0.272. The van der Waals surface area contributed by atoms with Gasteiger partial charge in [-0.05, 0) is 115 Å². The molecule has 0 saturated heterocycles. The van der Waals surface area contributed by atoms with Crippen LogP contribution in [-0.4, -0.2) is 0 Å². The van der Waals surface area contributed by atoms with Crippen LogP contribution in [0.3, 0.4) is 0 Å². The molecule has 4 unspecified atom stereocenters. The summed E-state index contributed by atoms with van der Waals surface area (Å²) >= 11 is 0. The van der Waals surface area contributed by atoms with Crippen LogP contribution >= 0.6 is 0 Å². The molecule has 0 saturated carbocycles. The standard InChI is InChI=1S/C47H36O/c1-2-15-34-29-40-35(28-33(34)14-1)18-9-21-39(40)41-30-36-16-4-7-20-38(36)46(45(41)44-24-11-27-48-44)47(26-25-32-13-5-8-22-42(32)47)43-23-10-17-31-12-3-6-19-37(31)43/h1-24,27-29,41,45-46H,25-26,30H2. The maximum absolute atomic E-state index is 6.57. The number of benzene rings is 7. The molecule has 4 atom stereocenters. The molecule has 1 heterocycles. The first kappa shape index (κ1) is 27.7. The van der Waals surface area contributed by atoms with Crippen molar-refractivity contribution in [3.63, 3.8) is 0 Å². The average Bonchev–Trinajstić information content (AvgIpc) is 3.82. The van der Waals surface area contributed by atoms with Gasteiger partial charge in [-0.3, -0.25) is 0 Å². The topological polar surface area (TPSA) is 13.1 Å². The van der Waals surface area contributed by atoms with Gasteiger partial charge in [0.1, 0.15) is 5.76 Å². The van der Waals surface area contributed by atoms with Crippen LogP contribution in [0.15, 0.2) is 168 Å². The van der Waals surface area contributed by atoms with Gasteiger partial charge in [-0.25, -0.2) is 0 Å². The molecule has 1 aromatic heterocycles. The Hall–Kier alpha value is -5.40. The molecule has 8 aromatic rings. The number of aryl methyl sites for hydroxylation is 1. The van der Waals surface area contributed by atoms with Gasteiger partial charge in [-0.15, -0.1) is 0 Å². The zero-order valence-electron chi connectivity index (χ0n) is 26.9. The number of hydrogen-bond donors (Lipinski definition) is 0. The van der Waals surface area contributed by atoms with E-state index in [-0.39, 0.29) is 23.2 Å². The first-order valence-corrected chi connectivity index (χ1v) is 17.4. The van der Waals surface area contributed by atoms with E-state index < -0.39 is 0 Å². The summed E-state index contributed by atoms with van der Waals surface area (Å²) in [7, 11) is 0. The lowest BCUT2D eigenvalue weighted by atomic mass is 9.53. The van der Waals surface area contributed by atoms with Crippen LogP contribution < -0.4 is 0 Å². The Morgan fingerprint density at radius 1 is 0.500 bits per heavy atom. The molecule has 0 aliphatic heterocycles. The molecule has 10 rings (SSSR count). The van der Waals surface area contributed by atoms with Crippen LogP contribution in [0, 0.1) is 0 Å². The summed E-state index contributed by atoms with van der Waals surface area (Å²) in [5.41, 5.74) is 8.47. The third-order valence-corrected chi connectivity index (χ3v) is 11.8. The Morgan fingerprint density at radius 3 is 2.04 bits per heavy atom. The van der Waals surface area contributed by atoms with Crippen LogP contribution in [-0.2, 0) is 18.3 Å². The highest BCUT2D eigenvalue weighted by molar-refractivity contribution is 6.00. The van der Waals surface area contributed by atoms with E-state index in [1.165, 1.54) is 65.7 Å². The van der Waals surface area contributed by atoms with Crippen molar-refractivity contribution in [3.05, 3.63) is 203 Å². The molecule has 0 radical (unpaired) electrons. The van der Waals surface area contributed by atoms with Crippen LogP contribution in [0.2, 0.25) is 0 Å². The van der Waals surface area contributed by atoms with Crippen molar-refractivity contribution in [2.24, 2.45) is 0 Å². The maximum atomic E-state index is 6.57. The highest BCUT2D eigenvalue weighted by Crippen LogP contribution is 2.64. The normalized spacial score (nSPS) is 21.8. The lowest BCUT2D eigenvalue weighted by Crippen LogP contribution is -2.41. The van der Waals surface area contributed by atoms with E-state index in [4.69, 9.17) is 4.42 Å². The van der Waals surface area contributed by atoms with Gasteiger partial charge >= 0.3 is 0 Å². The Bertz CT molecular complexity index is 2460. The molecule has 0 amide bonds. The molecule has 230 valence electrons. The first-order valence-electron chi connectivity index (χ1n) is 17.4. The summed E-state index contributed by atoms with van der Waals surface area (Å²) in [6.45, 7) is 0. The zero-order valence-corrected chi connectivity index (χ0v) is 26.9. The summed E-state index contributed by atoms with van der Waals surface area (Å²) in [5, 5.41) is 7.88. The SMILES string of the molecule is c1coc(C2C(c3cccc4cc5ccccc5cc34)Cc3ccccc3C2C2(c3cccc4ccccc34)CCc3ccccc32)c1. The second kappa shape index (κ2) is 10.8. The minimum atomic E-state index is -0.249. The van der Waals surface area contributed by atoms with Crippen molar-refractivity contribution in [1.82, 2.24) is 0 Å². The maximum Gasteiger partial charge on any atom is 0.108 e. The van der Waals surface area contributed by atoms with Gasteiger partial charge in [0, 0.05) is 17.3 Å². The fourth-order valence-corrected chi connectivity index (χ4v) is 9.87. The third-order valence-electron chi connectivity index (χ3n) is 11.8. The number of hydrogen-bond acceptors (Lipinski definition) is 1. The van der Waals surface area contributed by atoms with Gasteiger partial charge in [0.15, 0.2) is 0 Å². The molecule has 0 bridgehead atoms. The molecule has 48 heavy (non-hydrogen) atoms. The first-order chi connectivity index (χ1) is 23.8. The molecule has 0 spiro atoms. The van der Waals surface area contributed by atoms with E-state index in [0.29, 0.717) is 0 Å². The van der Waals surface area contributed by atoms with Crippen molar-refractivity contribution in [3.8, 4) is 0 Å². The van der Waals surface area contributed by atoms with Crippen molar-refractivity contribution >= 4 is 32.3 Å². The van der Waals surface area contributed by atoms with E-state index >= 15 is 0 Å². The summed E-state index contributed by atoms with van der Waals surface area (Å²) in [6, 6.07) is 59.4. The predicted octanol–water partition coefficient (Wildman–Crippen LogP) is 11.9. The van der Waals surface area contributed by atoms with Crippen LogP contribution in [0.4, 0.5) is 0 Å². The van der Waals surface area contributed by atoms with Crippen molar-refractivity contribution in [2.45, 2.75) is 42.4 Å². The minimum Gasteiger partial charge on any atom is -0.469 e. The van der Waals surface area contributed by atoms with Gasteiger partial charge in [0.2, 0.25) is 0 Å². The van der Waals surface area contributed by atoms with Gasteiger partial charge in [-0.2, -0.15) is 0 Å². The molecular weight excluding hydrogens is 581 g/mol. The van der Waals surface area contributed by atoms with E-state index in [2.05, 4.69) is 158 Å². The second-order valence-corrected chi connectivity index (χ2v) is 14.0. The fourth-order valence-electron chi connectivity index (χ4n) is 9.87. The Kier molecular flexibility index (Phi) is 6.24. The van der Waals surface area contributed by atoms with E-state index in [0.717, 1.165) is 25.0 Å². The monoisotopic (exact) mass is 616 g/mol. The number of fused-ring (bicyclic) bond motifs is 5. The second-order valence-electron chi connectivity index (χ2n) is 14.0. The number of rotatable bonds is 4. The van der Waals surface area contributed by atoms with Crippen molar-refractivity contribution in [1.29, 1.82) is 0 Å². The Labute approximate surface area is 281 Å². The van der Waals surface area contributed by atoms with Crippen molar-refractivity contribution in [2.75, 3.05) is 0 Å². The summed E-state index contributed by atoms with van der Waals surface area (Å²) in [4.78, 5) is 0. The molecule has 2 aliphatic rings. The highest BCUT2D eigenvalue weighted by Gasteiger charge is 2.55. The highest BCUT2D eigenvalue weighted by atomic mass is 16.3. The molecule has 0 N–H and O–H groups in total. The molecule has 0 fully saturated rings. The van der Waals surface area contributed by atoms with Crippen LogP contribution in [0.25, 0.3) is 32.3 Å². The Balaban J connectivity index is 1.31. The van der Waals surface area contributed by atoms with Crippen LogP contribution in [0.1, 0.15) is 63.3 Å². The summed E-state index contributed by atoms with van der Waals surface area (Å²) in [6.07, 6.45) is 4.97. The molecule has 2 aliphatic carbocycles. The number of furan rings is 1. The predicted molar refractivity (Wildman–Crippen MR) is 198 cm³/mol. The molecular formula is C47H36O. The van der Waals surface area contributed by atoms with E-state index in [1.54, 1.807) is 0 Å². The zero-order chi connectivity index (χ0) is 31.7. The largest absolute Gasteiger partial charge is 0.469 e.